The minimum absolute atomic E-state index is 0.306. The van der Waals surface area contributed by atoms with Crippen LogP contribution in [-0.2, 0) is 4.74 Å². The Morgan fingerprint density at radius 3 is 2.90 bits per heavy atom. The number of ether oxygens (including phenoxy) is 1. The van der Waals surface area contributed by atoms with Crippen LogP contribution in [0, 0.1) is 5.41 Å². The first kappa shape index (κ1) is 13.7. The number of nitrogens with zero attached hydrogens (tertiary/aromatic N) is 1. The topological polar surface area (TPSA) is 34.2 Å². The van der Waals surface area contributed by atoms with Gasteiger partial charge in [0.2, 0.25) is 0 Å². The average molecular weight is 291 g/mol. The Morgan fingerprint density at radius 1 is 1.30 bits per heavy atom. The summed E-state index contributed by atoms with van der Waals surface area (Å²) in [4.78, 5) is 4.37. The predicted octanol–water partition coefficient (Wildman–Crippen LogP) is 4.12. The van der Waals surface area contributed by atoms with E-state index >= 15 is 0 Å². The van der Waals surface area contributed by atoms with Gasteiger partial charge in [0.25, 0.3) is 0 Å². The second kappa shape index (κ2) is 5.58. The van der Waals surface area contributed by atoms with Crippen LogP contribution in [0.2, 0.25) is 5.02 Å². The highest BCUT2D eigenvalue weighted by atomic mass is 35.5. The number of anilines is 1. The molecule has 0 bridgehead atoms. The Morgan fingerprint density at radius 2 is 2.10 bits per heavy atom. The Kier molecular flexibility index (Phi) is 3.81. The van der Waals surface area contributed by atoms with E-state index in [4.69, 9.17) is 16.3 Å². The van der Waals surface area contributed by atoms with Gasteiger partial charge in [0, 0.05) is 42.1 Å². The molecule has 0 unspecified atom stereocenters. The molecule has 2 heterocycles. The molecular formula is C16H19ClN2O. The molecule has 0 amide bonds. The lowest BCUT2D eigenvalue weighted by molar-refractivity contribution is 0.0300. The van der Waals surface area contributed by atoms with Crippen molar-refractivity contribution in [3.05, 3.63) is 35.5 Å². The Hall–Kier alpha value is -1.32. The van der Waals surface area contributed by atoms with Crippen molar-refractivity contribution in [2.45, 2.75) is 19.8 Å². The molecule has 4 heteroatoms. The van der Waals surface area contributed by atoms with Gasteiger partial charge < -0.3 is 10.1 Å². The van der Waals surface area contributed by atoms with Crippen LogP contribution in [0.15, 0.2) is 30.5 Å². The molecule has 20 heavy (non-hydrogen) atoms. The number of fused-ring (bicyclic) bond motifs is 1. The summed E-state index contributed by atoms with van der Waals surface area (Å²) in [5, 5.41) is 5.42. The summed E-state index contributed by atoms with van der Waals surface area (Å²) < 4.78 is 5.45. The van der Waals surface area contributed by atoms with Gasteiger partial charge in [-0.1, -0.05) is 18.5 Å². The summed E-state index contributed by atoms with van der Waals surface area (Å²) in [5.41, 5.74) is 2.36. The molecule has 0 atom stereocenters. The predicted molar refractivity (Wildman–Crippen MR) is 83.4 cm³/mol. The first-order valence-electron chi connectivity index (χ1n) is 7.02. The number of hydrogen-bond donors (Lipinski definition) is 1. The molecule has 1 aromatic heterocycles. The summed E-state index contributed by atoms with van der Waals surface area (Å²) in [6, 6.07) is 7.86. The molecule has 0 saturated carbocycles. The first-order valence-corrected chi connectivity index (χ1v) is 7.40. The van der Waals surface area contributed by atoms with Crippen molar-refractivity contribution in [3.63, 3.8) is 0 Å². The molecule has 3 rings (SSSR count). The van der Waals surface area contributed by atoms with Gasteiger partial charge in [-0.2, -0.15) is 0 Å². The van der Waals surface area contributed by atoms with Crippen LogP contribution in [0.25, 0.3) is 10.9 Å². The molecule has 1 N–H and O–H groups in total. The molecule has 0 spiro atoms. The second-order valence-electron chi connectivity index (χ2n) is 5.80. The van der Waals surface area contributed by atoms with E-state index in [0.717, 1.165) is 54.2 Å². The third-order valence-corrected chi connectivity index (χ3v) is 4.35. The molecule has 0 radical (unpaired) electrons. The first-order chi connectivity index (χ1) is 9.66. The maximum Gasteiger partial charge on any atom is 0.0737 e. The largest absolute Gasteiger partial charge is 0.384 e. The standard InChI is InChI=1S/C16H19ClN2O/c1-16(5-8-20-9-6-16)11-19-14-4-7-18-15-10-12(17)2-3-13(14)15/h2-4,7,10H,5-6,8-9,11H2,1H3,(H,18,19). The van der Waals surface area contributed by atoms with E-state index in [-0.39, 0.29) is 0 Å². The lowest BCUT2D eigenvalue weighted by atomic mass is 9.82. The number of benzene rings is 1. The third kappa shape index (κ3) is 2.89. The lowest BCUT2D eigenvalue weighted by Crippen LogP contribution is -2.33. The summed E-state index contributed by atoms with van der Waals surface area (Å²) >= 11 is 6.02. The quantitative estimate of drug-likeness (QED) is 0.923. The molecule has 1 fully saturated rings. The highest BCUT2D eigenvalue weighted by Gasteiger charge is 2.27. The van der Waals surface area contributed by atoms with Crippen molar-refractivity contribution < 1.29 is 4.74 Å². The normalized spacial score (nSPS) is 18.1. The van der Waals surface area contributed by atoms with Crippen LogP contribution >= 0.6 is 11.6 Å². The summed E-state index contributed by atoms with van der Waals surface area (Å²) in [6.07, 6.45) is 4.04. The highest BCUT2D eigenvalue weighted by molar-refractivity contribution is 6.31. The van der Waals surface area contributed by atoms with E-state index in [1.807, 2.05) is 30.5 Å². The third-order valence-electron chi connectivity index (χ3n) is 4.11. The molecular weight excluding hydrogens is 272 g/mol. The van der Waals surface area contributed by atoms with Crippen LogP contribution in [0.4, 0.5) is 5.69 Å². The fourth-order valence-corrected chi connectivity index (χ4v) is 2.79. The zero-order valence-corrected chi connectivity index (χ0v) is 12.4. The van der Waals surface area contributed by atoms with E-state index in [1.54, 1.807) is 0 Å². The molecule has 1 saturated heterocycles. The maximum absolute atomic E-state index is 6.02. The lowest BCUT2D eigenvalue weighted by Gasteiger charge is -2.34. The van der Waals surface area contributed by atoms with Gasteiger partial charge in [-0.3, -0.25) is 4.98 Å². The SMILES string of the molecule is CC1(CNc2ccnc3cc(Cl)ccc23)CCOCC1. The smallest absolute Gasteiger partial charge is 0.0737 e. The monoisotopic (exact) mass is 290 g/mol. The van der Waals surface area contributed by atoms with Crippen LogP contribution in [0.1, 0.15) is 19.8 Å². The zero-order chi connectivity index (χ0) is 14.0. The molecule has 0 aliphatic carbocycles. The van der Waals surface area contributed by atoms with Crippen molar-refractivity contribution in [2.24, 2.45) is 5.41 Å². The van der Waals surface area contributed by atoms with Crippen molar-refractivity contribution in [1.82, 2.24) is 4.98 Å². The number of halogens is 1. The van der Waals surface area contributed by atoms with E-state index in [9.17, 15) is 0 Å². The fourth-order valence-electron chi connectivity index (χ4n) is 2.62. The number of rotatable bonds is 3. The van der Waals surface area contributed by atoms with Gasteiger partial charge in [0.05, 0.1) is 5.52 Å². The van der Waals surface area contributed by atoms with E-state index in [0.29, 0.717) is 5.41 Å². The molecule has 106 valence electrons. The van der Waals surface area contributed by atoms with Crippen molar-refractivity contribution >= 4 is 28.2 Å². The van der Waals surface area contributed by atoms with Crippen LogP contribution in [-0.4, -0.2) is 24.7 Å². The Labute approximate surface area is 124 Å². The number of aromatic nitrogens is 1. The zero-order valence-electron chi connectivity index (χ0n) is 11.7. The summed E-state index contributed by atoms with van der Waals surface area (Å²) in [7, 11) is 0. The molecule has 2 aromatic rings. The average Bonchev–Trinajstić information content (AvgIpc) is 2.45. The van der Waals surface area contributed by atoms with Gasteiger partial charge in [-0.15, -0.1) is 0 Å². The number of hydrogen-bond acceptors (Lipinski definition) is 3. The number of pyridine rings is 1. The number of nitrogens with one attached hydrogen (secondary N) is 1. The summed E-state index contributed by atoms with van der Waals surface area (Å²) in [6.45, 7) is 5.01. The second-order valence-corrected chi connectivity index (χ2v) is 6.23. The molecule has 1 aliphatic heterocycles. The highest BCUT2D eigenvalue weighted by Crippen LogP contribution is 2.31. The molecule has 1 aromatic carbocycles. The van der Waals surface area contributed by atoms with Gasteiger partial charge in [-0.25, -0.2) is 0 Å². The van der Waals surface area contributed by atoms with E-state index in [1.165, 1.54) is 0 Å². The van der Waals surface area contributed by atoms with Crippen molar-refractivity contribution in [3.8, 4) is 0 Å². The molecule has 1 aliphatic rings. The van der Waals surface area contributed by atoms with Crippen molar-refractivity contribution in [2.75, 3.05) is 25.1 Å². The minimum atomic E-state index is 0.306. The Bertz CT molecular complexity index is 608. The van der Waals surface area contributed by atoms with Crippen molar-refractivity contribution in [1.29, 1.82) is 0 Å². The van der Waals surface area contributed by atoms with Crippen LogP contribution < -0.4 is 5.32 Å². The van der Waals surface area contributed by atoms with E-state index in [2.05, 4.69) is 17.2 Å². The molecule has 3 nitrogen and oxygen atoms in total. The van der Waals surface area contributed by atoms with Crippen LogP contribution in [0.3, 0.4) is 0 Å². The Balaban J connectivity index is 1.80. The van der Waals surface area contributed by atoms with Gasteiger partial charge in [0.15, 0.2) is 0 Å². The maximum atomic E-state index is 6.02. The fraction of sp³-hybridized carbons (Fsp3) is 0.438. The van der Waals surface area contributed by atoms with Gasteiger partial charge >= 0.3 is 0 Å². The van der Waals surface area contributed by atoms with Gasteiger partial charge in [0.1, 0.15) is 0 Å². The van der Waals surface area contributed by atoms with E-state index < -0.39 is 0 Å². The minimum Gasteiger partial charge on any atom is -0.384 e. The summed E-state index contributed by atoms with van der Waals surface area (Å²) in [5.74, 6) is 0. The van der Waals surface area contributed by atoms with Crippen LogP contribution in [0.5, 0.6) is 0 Å². The van der Waals surface area contributed by atoms with Gasteiger partial charge in [-0.05, 0) is 42.5 Å².